The van der Waals surface area contributed by atoms with Gasteiger partial charge >= 0.3 is 5.97 Å². The van der Waals surface area contributed by atoms with Gasteiger partial charge in [0.05, 0.1) is 12.2 Å². The number of dihydropyridines is 1. The van der Waals surface area contributed by atoms with Crippen LogP contribution in [0.4, 0.5) is 0 Å². The van der Waals surface area contributed by atoms with Crippen molar-refractivity contribution in [2.24, 2.45) is 0 Å². The van der Waals surface area contributed by atoms with Gasteiger partial charge in [-0.2, -0.15) is 0 Å². The number of hydrogen-bond donors (Lipinski definition) is 1. The summed E-state index contributed by atoms with van der Waals surface area (Å²) in [5.41, 5.74) is 5.07. The third kappa shape index (κ3) is 4.62. The molecule has 4 rings (SSSR count). The SMILES string of the molecule is CSc1ccc([C@@H]2C(C(=O)OCCc3ccccc3)=C(C)NC3=C2C(=O)CCC3)cc1. The minimum Gasteiger partial charge on any atom is -0.462 e. The summed E-state index contributed by atoms with van der Waals surface area (Å²) < 4.78 is 5.69. The monoisotopic (exact) mass is 433 g/mol. The first-order chi connectivity index (χ1) is 15.1. The Morgan fingerprint density at radius 1 is 1.10 bits per heavy atom. The van der Waals surface area contributed by atoms with Crippen LogP contribution in [0, 0.1) is 0 Å². The van der Waals surface area contributed by atoms with Crippen molar-refractivity contribution in [2.75, 3.05) is 12.9 Å². The number of thioether (sulfide) groups is 1. The number of nitrogens with one attached hydrogen (secondary N) is 1. The van der Waals surface area contributed by atoms with Gasteiger partial charge in [0.15, 0.2) is 5.78 Å². The molecule has 1 aliphatic carbocycles. The van der Waals surface area contributed by atoms with Crippen molar-refractivity contribution in [3.8, 4) is 0 Å². The number of allylic oxidation sites excluding steroid dienone is 3. The molecule has 31 heavy (non-hydrogen) atoms. The summed E-state index contributed by atoms with van der Waals surface area (Å²) in [6, 6.07) is 18.1. The summed E-state index contributed by atoms with van der Waals surface area (Å²) >= 11 is 1.67. The third-order valence-electron chi connectivity index (χ3n) is 5.91. The molecule has 0 unspecified atom stereocenters. The smallest absolute Gasteiger partial charge is 0.336 e. The lowest BCUT2D eigenvalue weighted by Gasteiger charge is -2.34. The van der Waals surface area contributed by atoms with Crippen LogP contribution in [0.15, 0.2) is 82.0 Å². The Bertz CT molecular complexity index is 1040. The zero-order valence-corrected chi connectivity index (χ0v) is 18.8. The summed E-state index contributed by atoms with van der Waals surface area (Å²) in [5.74, 6) is -0.622. The Balaban J connectivity index is 1.63. The fraction of sp³-hybridized carbons (Fsp3) is 0.308. The van der Waals surface area contributed by atoms with Crippen LogP contribution in [0.25, 0.3) is 0 Å². The van der Waals surface area contributed by atoms with Crippen molar-refractivity contribution in [2.45, 2.75) is 43.4 Å². The first-order valence-corrected chi connectivity index (χ1v) is 11.9. The van der Waals surface area contributed by atoms with Crippen molar-refractivity contribution in [1.29, 1.82) is 0 Å². The predicted molar refractivity (Wildman–Crippen MR) is 124 cm³/mol. The maximum absolute atomic E-state index is 13.2. The molecule has 0 radical (unpaired) electrons. The molecule has 160 valence electrons. The molecule has 0 fully saturated rings. The molecule has 0 bridgehead atoms. The molecule has 1 N–H and O–H groups in total. The molecule has 5 heteroatoms. The number of carbonyl (C=O) groups excluding carboxylic acids is 2. The van der Waals surface area contributed by atoms with Crippen molar-refractivity contribution in [1.82, 2.24) is 5.32 Å². The van der Waals surface area contributed by atoms with Gasteiger partial charge in [0.2, 0.25) is 0 Å². The second-order valence-electron chi connectivity index (χ2n) is 7.91. The van der Waals surface area contributed by atoms with Crippen LogP contribution in [-0.2, 0) is 20.7 Å². The van der Waals surface area contributed by atoms with Crippen molar-refractivity contribution in [3.05, 3.63) is 88.3 Å². The maximum Gasteiger partial charge on any atom is 0.336 e. The zero-order valence-electron chi connectivity index (χ0n) is 17.9. The first kappa shape index (κ1) is 21.4. The number of rotatable bonds is 6. The zero-order chi connectivity index (χ0) is 21.8. The molecule has 0 aromatic heterocycles. The van der Waals surface area contributed by atoms with E-state index < -0.39 is 0 Å². The van der Waals surface area contributed by atoms with Crippen molar-refractivity contribution >= 4 is 23.5 Å². The molecule has 1 atom stereocenters. The Labute approximate surface area is 187 Å². The average molecular weight is 434 g/mol. The lowest BCUT2D eigenvalue weighted by Crippen LogP contribution is -2.34. The van der Waals surface area contributed by atoms with E-state index in [0.717, 1.165) is 45.8 Å². The molecule has 2 aromatic rings. The number of ketones is 1. The molecule has 2 aliphatic rings. The average Bonchev–Trinajstić information content (AvgIpc) is 2.79. The van der Waals surface area contributed by atoms with Crippen LogP contribution in [-0.4, -0.2) is 24.6 Å². The highest BCUT2D eigenvalue weighted by molar-refractivity contribution is 7.98. The summed E-state index contributed by atoms with van der Waals surface area (Å²) in [5, 5.41) is 3.34. The normalized spacial score (nSPS) is 18.5. The molecule has 1 heterocycles. The highest BCUT2D eigenvalue weighted by atomic mass is 32.2. The van der Waals surface area contributed by atoms with Crippen molar-refractivity contribution in [3.63, 3.8) is 0 Å². The van der Waals surface area contributed by atoms with Crippen LogP contribution < -0.4 is 5.32 Å². The van der Waals surface area contributed by atoms with Gasteiger partial charge < -0.3 is 10.1 Å². The Morgan fingerprint density at radius 2 is 1.84 bits per heavy atom. The maximum atomic E-state index is 13.2. The van der Waals surface area contributed by atoms with E-state index in [0.29, 0.717) is 25.0 Å². The first-order valence-electron chi connectivity index (χ1n) is 10.7. The minimum atomic E-state index is -0.385. The van der Waals surface area contributed by atoms with Gasteiger partial charge in [0.1, 0.15) is 0 Å². The molecule has 2 aromatic carbocycles. The third-order valence-corrected chi connectivity index (χ3v) is 6.66. The summed E-state index contributed by atoms with van der Waals surface area (Å²) in [6.07, 6.45) is 4.88. The molecule has 4 nitrogen and oxygen atoms in total. The standard InChI is InChI=1S/C26H27NO3S/c1-17-23(26(29)30-16-15-18-7-4-3-5-8-18)24(19-11-13-20(31-2)14-12-19)25-21(27-17)9-6-10-22(25)28/h3-5,7-8,11-14,24,27H,6,9-10,15-16H2,1-2H3/t24-/m1/s1. The summed E-state index contributed by atoms with van der Waals surface area (Å²) in [4.78, 5) is 27.3. The molecule has 0 spiro atoms. The minimum absolute atomic E-state index is 0.120. The van der Waals surface area contributed by atoms with E-state index in [1.165, 1.54) is 0 Å². The van der Waals surface area contributed by atoms with Crippen LogP contribution in [0.3, 0.4) is 0 Å². The summed E-state index contributed by atoms with van der Waals surface area (Å²) in [6.45, 7) is 2.21. The Hall–Kier alpha value is -2.79. The Kier molecular flexibility index (Phi) is 6.62. The van der Waals surface area contributed by atoms with Gasteiger partial charge in [-0.1, -0.05) is 42.5 Å². The Morgan fingerprint density at radius 3 is 2.55 bits per heavy atom. The highest BCUT2D eigenvalue weighted by Gasteiger charge is 2.39. The summed E-state index contributed by atoms with van der Waals surface area (Å²) in [7, 11) is 0. The van der Waals surface area contributed by atoms with E-state index in [1.807, 2.05) is 67.8 Å². The van der Waals surface area contributed by atoms with Crippen LogP contribution in [0.1, 0.15) is 43.2 Å². The van der Waals surface area contributed by atoms with Crippen LogP contribution >= 0.6 is 11.8 Å². The molecule has 0 saturated heterocycles. The fourth-order valence-electron chi connectivity index (χ4n) is 4.37. The number of Topliss-reactive ketones (excluding diaryl/α,β-unsaturated/α-hetero) is 1. The van der Waals surface area contributed by atoms with E-state index in [4.69, 9.17) is 4.74 Å². The fourth-order valence-corrected chi connectivity index (χ4v) is 4.78. The number of ether oxygens (including phenoxy) is 1. The quantitative estimate of drug-likeness (QED) is 0.504. The van der Waals surface area contributed by atoms with Gasteiger partial charge in [0.25, 0.3) is 0 Å². The highest BCUT2D eigenvalue weighted by Crippen LogP contribution is 2.42. The second kappa shape index (κ2) is 9.56. The van der Waals surface area contributed by atoms with Gasteiger partial charge in [-0.3, -0.25) is 4.79 Å². The molecular formula is C26H27NO3S. The topological polar surface area (TPSA) is 55.4 Å². The number of carbonyl (C=O) groups is 2. The lowest BCUT2D eigenvalue weighted by atomic mass is 9.75. The van der Waals surface area contributed by atoms with Crippen LogP contribution in [0.5, 0.6) is 0 Å². The predicted octanol–water partition coefficient (Wildman–Crippen LogP) is 5.16. The van der Waals surface area contributed by atoms with Crippen molar-refractivity contribution < 1.29 is 14.3 Å². The van der Waals surface area contributed by atoms with Gasteiger partial charge in [0, 0.05) is 40.6 Å². The van der Waals surface area contributed by atoms with E-state index in [2.05, 4.69) is 5.32 Å². The molecule has 1 aliphatic heterocycles. The van der Waals surface area contributed by atoms with E-state index in [1.54, 1.807) is 11.8 Å². The van der Waals surface area contributed by atoms with E-state index in [-0.39, 0.29) is 17.7 Å². The molecule has 0 amide bonds. The van der Waals surface area contributed by atoms with E-state index in [9.17, 15) is 9.59 Å². The molecule has 0 saturated carbocycles. The largest absolute Gasteiger partial charge is 0.462 e. The van der Waals surface area contributed by atoms with Gasteiger partial charge in [-0.25, -0.2) is 4.79 Å². The number of esters is 1. The van der Waals surface area contributed by atoms with Crippen LogP contribution in [0.2, 0.25) is 0 Å². The number of benzene rings is 2. The number of hydrogen-bond acceptors (Lipinski definition) is 5. The lowest BCUT2D eigenvalue weighted by molar-refractivity contribution is -0.139. The van der Waals surface area contributed by atoms with E-state index >= 15 is 0 Å². The molecular weight excluding hydrogens is 406 g/mol. The second-order valence-corrected chi connectivity index (χ2v) is 8.79. The van der Waals surface area contributed by atoms with Gasteiger partial charge in [-0.15, -0.1) is 11.8 Å². The van der Waals surface area contributed by atoms with Gasteiger partial charge in [-0.05, 0) is 49.3 Å².